The number of aromatic nitrogens is 3. The second kappa shape index (κ2) is 3.64. The smallest absolute Gasteiger partial charge is 0.215 e. The van der Waals surface area contributed by atoms with E-state index in [1.807, 2.05) is 0 Å². The number of rotatable bonds is 0. The fraction of sp³-hybridized carbons (Fsp3) is 0.0556. The second-order valence-corrected chi connectivity index (χ2v) is 5.45. The van der Waals surface area contributed by atoms with Crippen LogP contribution in [-0.2, 0) is 7.05 Å². The van der Waals surface area contributed by atoms with E-state index in [9.17, 15) is 0 Å². The summed E-state index contributed by atoms with van der Waals surface area (Å²) in [6, 6.07) is 21.2. The monoisotopic (exact) mass is 271 g/mol. The molecule has 2 aromatic heterocycles. The van der Waals surface area contributed by atoms with E-state index < -0.39 is 0 Å². The van der Waals surface area contributed by atoms with Crippen LogP contribution in [0.2, 0.25) is 0 Å². The molecule has 0 aliphatic rings. The van der Waals surface area contributed by atoms with E-state index >= 15 is 0 Å². The van der Waals surface area contributed by atoms with Gasteiger partial charge in [0.05, 0.1) is 22.1 Å². The fourth-order valence-corrected chi connectivity index (χ4v) is 3.32. The van der Waals surface area contributed by atoms with Crippen molar-refractivity contribution in [2.45, 2.75) is 0 Å². The van der Waals surface area contributed by atoms with Gasteiger partial charge in [-0.15, -0.1) is 0 Å². The van der Waals surface area contributed by atoms with E-state index in [0.29, 0.717) is 0 Å². The van der Waals surface area contributed by atoms with Crippen LogP contribution in [-0.4, -0.2) is 14.0 Å². The number of hydrogen-bond donors (Lipinski definition) is 0. The molecule has 0 atom stereocenters. The molecule has 3 heteroatoms. The number of para-hydroxylation sites is 2. The first-order chi connectivity index (χ1) is 10.3. The summed E-state index contributed by atoms with van der Waals surface area (Å²) < 4.78 is 4.43. The maximum Gasteiger partial charge on any atom is 0.215 e. The summed E-state index contributed by atoms with van der Waals surface area (Å²) in [5, 5.41) is 2.50. The van der Waals surface area contributed by atoms with Crippen molar-refractivity contribution in [3.05, 3.63) is 60.7 Å². The summed E-state index contributed by atoms with van der Waals surface area (Å²) in [4.78, 5) is 4.83. The molecule has 0 aliphatic carbocycles. The lowest BCUT2D eigenvalue weighted by atomic mass is 10.1. The molecule has 0 radical (unpaired) electrons. The van der Waals surface area contributed by atoms with Gasteiger partial charge in [-0.25, -0.2) is 4.98 Å². The third-order valence-corrected chi connectivity index (χ3v) is 4.31. The Balaban J connectivity index is 2.19. The molecule has 0 N–H and O–H groups in total. The van der Waals surface area contributed by atoms with Crippen molar-refractivity contribution in [3.8, 4) is 0 Å². The standard InChI is InChI=1S/C18H13N3/c1-20-15-8-4-5-9-16(15)21-17-13-7-3-2-6-12(13)10-11-14(17)19-18(20)21/h2-11H,1H3. The molecule has 0 unspecified atom stereocenters. The Morgan fingerprint density at radius 2 is 1.57 bits per heavy atom. The molecule has 3 aromatic carbocycles. The fourth-order valence-electron chi connectivity index (χ4n) is 3.32. The van der Waals surface area contributed by atoms with Crippen LogP contribution in [0.5, 0.6) is 0 Å². The molecule has 5 rings (SSSR count). The molecule has 0 fully saturated rings. The van der Waals surface area contributed by atoms with Gasteiger partial charge in [0.15, 0.2) is 0 Å². The lowest BCUT2D eigenvalue weighted by molar-refractivity contribution is 0.974. The van der Waals surface area contributed by atoms with Gasteiger partial charge >= 0.3 is 0 Å². The Kier molecular flexibility index (Phi) is 1.89. The third kappa shape index (κ3) is 1.26. The highest BCUT2D eigenvalue weighted by Gasteiger charge is 2.14. The number of benzene rings is 3. The van der Waals surface area contributed by atoms with Crippen LogP contribution in [0.25, 0.3) is 38.6 Å². The van der Waals surface area contributed by atoms with E-state index in [1.54, 1.807) is 0 Å². The van der Waals surface area contributed by atoms with Gasteiger partial charge < -0.3 is 4.57 Å². The number of imidazole rings is 2. The van der Waals surface area contributed by atoms with Gasteiger partial charge in [-0.05, 0) is 23.6 Å². The zero-order chi connectivity index (χ0) is 14.0. The van der Waals surface area contributed by atoms with E-state index in [4.69, 9.17) is 4.98 Å². The first kappa shape index (κ1) is 10.9. The van der Waals surface area contributed by atoms with E-state index in [-0.39, 0.29) is 0 Å². The third-order valence-electron chi connectivity index (χ3n) is 4.31. The predicted octanol–water partition coefficient (Wildman–Crippen LogP) is 4.13. The molecule has 5 aromatic rings. The van der Waals surface area contributed by atoms with Crippen molar-refractivity contribution in [1.29, 1.82) is 0 Å². The highest BCUT2D eigenvalue weighted by atomic mass is 15.2. The Morgan fingerprint density at radius 3 is 2.48 bits per heavy atom. The Hall–Kier alpha value is -2.81. The van der Waals surface area contributed by atoms with Crippen molar-refractivity contribution in [3.63, 3.8) is 0 Å². The van der Waals surface area contributed by atoms with Crippen molar-refractivity contribution < 1.29 is 0 Å². The topological polar surface area (TPSA) is 22.2 Å². The first-order valence-electron chi connectivity index (χ1n) is 7.08. The summed E-state index contributed by atoms with van der Waals surface area (Å²) in [7, 11) is 2.08. The minimum atomic E-state index is 0.988. The van der Waals surface area contributed by atoms with Crippen molar-refractivity contribution in [1.82, 2.24) is 14.0 Å². The Morgan fingerprint density at radius 1 is 0.810 bits per heavy atom. The van der Waals surface area contributed by atoms with Crippen LogP contribution in [0.3, 0.4) is 0 Å². The van der Waals surface area contributed by atoms with Crippen LogP contribution in [0.1, 0.15) is 0 Å². The summed E-state index contributed by atoms with van der Waals surface area (Å²) in [6.07, 6.45) is 0. The SMILES string of the molecule is Cn1c2ccccc2n2c3c(ccc4ccccc43)nc12. The molecular formula is C18H13N3. The molecule has 0 saturated carbocycles. The maximum atomic E-state index is 4.83. The molecule has 0 saturated heterocycles. The van der Waals surface area contributed by atoms with Gasteiger partial charge in [-0.3, -0.25) is 4.40 Å². The normalized spacial score (nSPS) is 12.0. The average Bonchev–Trinajstić information content (AvgIpc) is 3.05. The zero-order valence-electron chi connectivity index (χ0n) is 11.6. The number of aryl methyl sites for hydroxylation is 1. The van der Waals surface area contributed by atoms with Gasteiger partial charge in [0, 0.05) is 12.4 Å². The minimum Gasteiger partial charge on any atom is -0.313 e. The van der Waals surface area contributed by atoms with Gasteiger partial charge in [-0.1, -0.05) is 42.5 Å². The largest absolute Gasteiger partial charge is 0.313 e. The maximum absolute atomic E-state index is 4.83. The summed E-state index contributed by atoms with van der Waals surface area (Å²) in [6.45, 7) is 0. The van der Waals surface area contributed by atoms with Crippen LogP contribution in [0, 0.1) is 0 Å². The molecule has 2 heterocycles. The number of fused-ring (bicyclic) bond motifs is 7. The van der Waals surface area contributed by atoms with Crippen molar-refractivity contribution in [2.24, 2.45) is 7.05 Å². The molecule has 21 heavy (non-hydrogen) atoms. The summed E-state index contributed by atoms with van der Waals surface area (Å²) in [5.74, 6) is 0.988. The average molecular weight is 271 g/mol. The summed E-state index contributed by atoms with van der Waals surface area (Å²) in [5.41, 5.74) is 4.65. The Bertz CT molecular complexity index is 1140. The van der Waals surface area contributed by atoms with Crippen LogP contribution >= 0.6 is 0 Å². The van der Waals surface area contributed by atoms with E-state index in [1.165, 1.54) is 27.3 Å². The van der Waals surface area contributed by atoms with Gasteiger partial charge in [0.25, 0.3) is 0 Å². The second-order valence-electron chi connectivity index (χ2n) is 5.45. The van der Waals surface area contributed by atoms with Gasteiger partial charge in [0.1, 0.15) is 0 Å². The highest BCUT2D eigenvalue weighted by molar-refractivity contribution is 6.07. The van der Waals surface area contributed by atoms with Gasteiger partial charge in [0.2, 0.25) is 5.78 Å². The van der Waals surface area contributed by atoms with E-state index in [2.05, 4.69) is 76.7 Å². The predicted molar refractivity (Wildman–Crippen MR) is 86.7 cm³/mol. The van der Waals surface area contributed by atoms with Crippen LogP contribution in [0.4, 0.5) is 0 Å². The zero-order valence-corrected chi connectivity index (χ0v) is 11.6. The van der Waals surface area contributed by atoms with E-state index in [0.717, 1.165) is 11.3 Å². The lowest BCUT2D eigenvalue weighted by Crippen LogP contribution is -1.87. The molecule has 0 aliphatic heterocycles. The minimum absolute atomic E-state index is 0.988. The van der Waals surface area contributed by atoms with Crippen LogP contribution < -0.4 is 0 Å². The quantitative estimate of drug-likeness (QED) is 0.415. The molecular weight excluding hydrogens is 258 g/mol. The van der Waals surface area contributed by atoms with Gasteiger partial charge in [-0.2, -0.15) is 0 Å². The van der Waals surface area contributed by atoms with Crippen molar-refractivity contribution in [2.75, 3.05) is 0 Å². The number of nitrogens with zero attached hydrogens (tertiary/aromatic N) is 3. The lowest BCUT2D eigenvalue weighted by Gasteiger charge is -2.00. The molecule has 3 nitrogen and oxygen atoms in total. The van der Waals surface area contributed by atoms with Crippen molar-refractivity contribution >= 4 is 38.6 Å². The molecule has 0 amide bonds. The molecule has 0 bridgehead atoms. The number of hydrogen-bond acceptors (Lipinski definition) is 1. The highest BCUT2D eigenvalue weighted by Crippen LogP contribution is 2.30. The summed E-state index contributed by atoms with van der Waals surface area (Å²) >= 11 is 0. The van der Waals surface area contributed by atoms with Crippen LogP contribution in [0.15, 0.2) is 60.7 Å². The molecule has 0 spiro atoms. The molecule has 100 valence electrons. The Labute approximate surface area is 121 Å². The first-order valence-corrected chi connectivity index (χ1v) is 7.08.